The van der Waals surface area contributed by atoms with Gasteiger partial charge in [-0.15, -0.1) is 0 Å². The first kappa shape index (κ1) is 22.6. The fraction of sp³-hybridized carbons (Fsp3) is 0.192. The van der Waals surface area contributed by atoms with Gasteiger partial charge in [0.1, 0.15) is 5.15 Å². The minimum absolute atomic E-state index is 0.189. The normalized spacial score (nSPS) is 11.2. The van der Waals surface area contributed by atoms with Crippen molar-refractivity contribution in [1.82, 2.24) is 24.9 Å². The monoisotopic (exact) mass is 459 g/mol. The molecule has 0 bridgehead atoms. The number of halogens is 1. The quantitative estimate of drug-likeness (QED) is 0.386. The van der Waals surface area contributed by atoms with Gasteiger partial charge in [0.2, 0.25) is 5.91 Å². The summed E-state index contributed by atoms with van der Waals surface area (Å²) in [6.45, 7) is 5.61. The molecule has 0 aliphatic carbocycles. The van der Waals surface area contributed by atoms with E-state index in [4.69, 9.17) is 11.6 Å². The van der Waals surface area contributed by atoms with E-state index in [1.165, 1.54) is 11.6 Å². The molecule has 7 heteroatoms. The predicted octanol–water partition coefficient (Wildman–Crippen LogP) is 4.78. The first-order chi connectivity index (χ1) is 16.0. The summed E-state index contributed by atoms with van der Waals surface area (Å²) in [5, 5.41) is 12.3. The summed E-state index contributed by atoms with van der Waals surface area (Å²) in [6, 6.07) is 18.2. The van der Waals surface area contributed by atoms with E-state index in [-0.39, 0.29) is 5.91 Å². The predicted molar refractivity (Wildman–Crippen MR) is 131 cm³/mol. The lowest BCUT2D eigenvalue weighted by Crippen LogP contribution is -2.21. The first-order valence-electron chi connectivity index (χ1n) is 10.8. The number of nitrogens with one attached hydrogen (secondary N) is 1. The maximum atomic E-state index is 12.5. The summed E-state index contributed by atoms with van der Waals surface area (Å²) in [6.07, 6.45) is 6.90. The lowest BCUT2D eigenvalue weighted by atomic mass is 10.1. The van der Waals surface area contributed by atoms with Crippen molar-refractivity contribution in [3.8, 4) is 0 Å². The van der Waals surface area contributed by atoms with Gasteiger partial charge >= 0.3 is 0 Å². The second kappa shape index (κ2) is 10.3. The molecule has 0 unspecified atom stereocenters. The summed E-state index contributed by atoms with van der Waals surface area (Å²) < 4.78 is 3.62. The van der Waals surface area contributed by atoms with Crippen LogP contribution in [0.3, 0.4) is 0 Å². The van der Waals surface area contributed by atoms with Crippen LogP contribution in [0.15, 0.2) is 73.1 Å². The zero-order valence-electron chi connectivity index (χ0n) is 18.7. The smallest absolute Gasteiger partial charge is 0.244 e. The molecular weight excluding hydrogens is 434 g/mol. The minimum Gasteiger partial charge on any atom is -0.348 e. The molecule has 2 aromatic heterocycles. The van der Waals surface area contributed by atoms with E-state index in [0.717, 1.165) is 27.9 Å². The summed E-state index contributed by atoms with van der Waals surface area (Å²) >= 11 is 6.56. The van der Waals surface area contributed by atoms with Crippen molar-refractivity contribution in [1.29, 1.82) is 0 Å². The SMILES string of the molecule is Cc1ccc(Cn2nc(C)c(/C=C/C(=O)NCc3ccccc3Cn3cccn3)c2Cl)cc1. The topological polar surface area (TPSA) is 64.7 Å². The van der Waals surface area contributed by atoms with Crippen molar-refractivity contribution in [2.75, 3.05) is 0 Å². The molecule has 0 spiro atoms. The van der Waals surface area contributed by atoms with Gasteiger partial charge in [0.15, 0.2) is 0 Å². The summed E-state index contributed by atoms with van der Waals surface area (Å²) in [4.78, 5) is 12.5. The van der Waals surface area contributed by atoms with Crippen LogP contribution in [0, 0.1) is 13.8 Å². The Morgan fingerprint density at radius 2 is 1.79 bits per heavy atom. The molecule has 2 aromatic carbocycles. The fourth-order valence-electron chi connectivity index (χ4n) is 3.58. The van der Waals surface area contributed by atoms with Crippen LogP contribution in [0.5, 0.6) is 0 Å². The fourth-order valence-corrected chi connectivity index (χ4v) is 3.88. The number of aryl methyl sites for hydroxylation is 2. The van der Waals surface area contributed by atoms with Crippen LogP contribution < -0.4 is 5.32 Å². The highest BCUT2D eigenvalue weighted by Crippen LogP contribution is 2.22. The molecule has 0 saturated heterocycles. The Morgan fingerprint density at radius 1 is 1.03 bits per heavy atom. The summed E-state index contributed by atoms with van der Waals surface area (Å²) in [5.41, 5.74) is 6.02. The van der Waals surface area contributed by atoms with Crippen LogP contribution in [-0.2, 0) is 24.4 Å². The van der Waals surface area contributed by atoms with Gasteiger partial charge in [-0.2, -0.15) is 10.2 Å². The van der Waals surface area contributed by atoms with Gasteiger partial charge < -0.3 is 5.32 Å². The third-order valence-electron chi connectivity index (χ3n) is 5.43. The van der Waals surface area contributed by atoms with Crippen molar-refractivity contribution in [3.05, 3.63) is 112 Å². The van der Waals surface area contributed by atoms with E-state index in [0.29, 0.717) is 24.8 Å². The van der Waals surface area contributed by atoms with Crippen molar-refractivity contribution >= 4 is 23.6 Å². The van der Waals surface area contributed by atoms with Gasteiger partial charge in [-0.25, -0.2) is 4.68 Å². The third-order valence-corrected chi connectivity index (χ3v) is 5.83. The zero-order valence-corrected chi connectivity index (χ0v) is 19.5. The zero-order chi connectivity index (χ0) is 23.2. The molecule has 0 aliphatic heterocycles. The molecule has 1 amide bonds. The number of carbonyl (C=O) groups is 1. The highest BCUT2D eigenvalue weighted by Gasteiger charge is 2.12. The van der Waals surface area contributed by atoms with Gasteiger partial charge in [-0.05, 0) is 42.7 Å². The molecule has 0 saturated carbocycles. The minimum atomic E-state index is -0.189. The molecule has 2 heterocycles. The average Bonchev–Trinajstić information content (AvgIpc) is 3.41. The highest BCUT2D eigenvalue weighted by atomic mass is 35.5. The number of hydrogen-bond acceptors (Lipinski definition) is 3. The third kappa shape index (κ3) is 5.79. The number of aromatic nitrogens is 4. The first-order valence-corrected chi connectivity index (χ1v) is 11.2. The van der Waals surface area contributed by atoms with Crippen molar-refractivity contribution < 1.29 is 4.79 Å². The van der Waals surface area contributed by atoms with Crippen LogP contribution in [0.25, 0.3) is 6.08 Å². The second-order valence-electron chi connectivity index (χ2n) is 7.96. The molecule has 4 aromatic rings. The van der Waals surface area contributed by atoms with E-state index in [2.05, 4.69) is 46.7 Å². The van der Waals surface area contributed by atoms with Crippen LogP contribution in [0.2, 0.25) is 5.15 Å². The van der Waals surface area contributed by atoms with Gasteiger partial charge in [0, 0.05) is 30.6 Å². The molecule has 4 rings (SSSR count). The highest BCUT2D eigenvalue weighted by molar-refractivity contribution is 6.31. The number of rotatable bonds is 8. The van der Waals surface area contributed by atoms with Crippen LogP contribution in [0.4, 0.5) is 0 Å². The Labute approximate surface area is 198 Å². The van der Waals surface area contributed by atoms with Crippen molar-refractivity contribution in [2.45, 2.75) is 33.5 Å². The molecule has 33 heavy (non-hydrogen) atoms. The van der Waals surface area contributed by atoms with Gasteiger partial charge in [0.25, 0.3) is 0 Å². The number of amides is 1. The van der Waals surface area contributed by atoms with E-state index in [1.54, 1.807) is 17.0 Å². The molecule has 0 aliphatic rings. The number of hydrogen-bond donors (Lipinski definition) is 1. The van der Waals surface area contributed by atoms with Crippen molar-refractivity contribution in [3.63, 3.8) is 0 Å². The Hall–Kier alpha value is -3.64. The van der Waals surface area contributed by atoms with E-state index < -0.39 is 0 Å². The standard InChI is InChI=1S/C26H26ClN5O/c1-19-8-10-21(11-9-19)17-32-26(27)24(20(2)30-32)12-13-25(33)28-16-22-6-3-4-7-23(22)18-31-15-5-14-29-31/h3-15H,16-18H2,1-2H3,(H,28,33)/b13-12+. The molecule has 1 N–H and O–H groups in total. The van der Waals surface area contributed by atoms with E-state index in [9.17, 15) is 4.79 Å². The van der Waals surface area contributed by atoms with Gasteiger partial charge in [-0.3, -0.25) is 9.48 Å². The Balaban J connectivity index is 1.39. The maximum absolute atomic E-state index is 12.5. The number of nitrogens with zero attached hydrogens (tertiary/aromatic N) is 4. The van der Waals surface area contributed by atoms with Crippen LogP contribution in [-0.4, -0.2) is 25.5 Å². The van der Waals surface area contributed by atoms with Gasteiger partial charge in [-0.1, -0.05) is 65.7 Å². The lowest BCUT2D eigenvalue weighted by Gasteiger charge is -2.10. The summed E-state index contributed by atoms with van der Waals surface area (Å²) in [5.74, 6) is -0.189. The second-order valence-corrected chi connectivity index (χ2v) is 8.31. The number of benzene rings is 2. The molecule has 0 atom stereocenters. The maximum Gasteiger partial charge on any atom is 0.244 e. The lowest BCUT2D eigenvalue weighted by molar-refractivity contribution is -0.116. The molecular formula is C26H26ClN5O. The Kier molecular flexibility index (Phi) is 7.05. The Morgan fingerprint density at radius 3 is 2.52 bits per heavy atom. The largest absolute Gasteiger partial charge is 0.348 e. The Bertz CT molecular complexity index is 1260. The van der Waals surface area contributed by atoms with E-state index in [1.807, 2.05) is 48.1 Å². The van der Waals surface area contributed by atoms with Crippen molar-refractivity contribution in [2.24, 2.45) is 0 Å². The van der Waals surface area contributed by atoms with Crippen LogP contribution in [0.1, 0.15) is 33.5 Å². The average molecular weight is 460 g/mol. The number of carbonyl (C=O) groups excluding carboxylic acids is 1. The molecule has 168 valence electrons. The van der Waals surface area contributed by atoms with Crippen LogP contribution >= 0.6 is 11.6 Å². The molecule has 0 fully saturated rings. The van der Waals surface area contributed by atoms with E-state index >= 15 is 0 Å². The molecule has 6 nitrogen and oxygen atoms in total. The van der Waals surface area contributed by atoms with Gasteiger partial charge in [0.05, 0.1) is 18.8 Å². The molecule has 0 radical (unpaired) electrons. The summed E-state index contributed by atoms with van der Waals surface area (Å²) in [7, 11) is 0.